The molecule has 0 amide bonds. The largest absolute Gasteiger partial charge is 0.478 e. The van der Waals surface area contributed by atoms with Crippen molar-refractivity contribution in [1.82, 2.24) is 4.98 Å². The third-order valence-corrected chi connectivity index (χ3v) is 2.28. The monoisotopic (exact) mass is 253 g/mol. The lowest BCUT2D eigenvalue weighted by Crippen LogP contribution is -2.09. The second-order valence-corrected chi connectivity index (χ2v) is 3.53. The number of hydrogen-bond acceptors (Lipinski definition) is 3. The van der Waals surface area contributed by atoms with Crippen molar-refractivity contribution in [2.75, 3.05) is 6.61 Å². The Kier molecular flexibility index (Phi) is 3.36. The van der Waals surface area contributed by atoms with E-state index < -0.39 is 19.0 Å². The normalized spacial score (nSPS) is 10.8. The summed E-state index contributed by atoms with van der Waals surface area (Å²) in [5, 5.41) is 9.49. The molecule has 2 aromatic rings. The van der Waals surface area contributed by atoms with Crippen LogP contribution in [-0.2, 0) is 0 Å². The maximum atomic E-state index is 12.0. The molecule has 1 aromatic heterocycles. The molecule has 0 saturated heterocycles. The number of carbonyl (C=O) groups is 1. The second-order valence-electron chi connectivity index (χ2n) is 3.53. The van der Waals surface area contributed by atoms with Crippen LogP contribution in [0.25, 0.3) is 10.9 Å². The highest BCUT2D eigenvalue weighted by molar-refractivity contribution is 6.02. The first-order chi connectivity index (χ1) is 8.58. The van der Waals surface area contributed by atoms with Gasteiger partial charge in [-0.3, -0.25) is 0 Å². The molecule has 0 spiro atoms. The summed E-state index contributed by atoms with van der Waals surface area (Å²) in [5.74, 6) is -1.28. The van der Waals surface area contributed by atoms with Crippen molar-refractivity contribution in [2.45, 2.75) is 6.43 Å². The number of carboxylic acid groups (broad SMARTS) is 1. The van der Waals surface area contributed by atoms with E-state index in [1.54, 1.807) is 24.3 Å². The standard InChI is InChI=1S/C12H9F2NO3/c13-10(14)6-18-11-5-8(12(16)17)7-3-1-2-4-9(7)15-11/h1-5,10H,6H2,(H,16,17). The van der Waals surface area contributed by atoms with Crippen molar-refractivity contribution in [3.8, 4) is 5.88 Å². The molecule has 18 heavy (non-hydrogen) atoms. The van der Waals surface area contributed by atoms with E-state index in [2.05, 4.69) is 4.98 Å². The molecule has 2 rings (SSSR count). The van der Waals surface area contributed by atoms with Gasteiger partial charge in [0.05, 0.1) is 11.1 Å². The Balaban J connectivity index is 2.47. The van der Waals surface area contributed by atoms with Crippen LogP contribution in [0.2, 0.25) is 0 Å². The number of para-hydroxylation sites is 1. The number of ether oxygens (including phenoxy) is 1. The molecule has 0 aliphatic rings. The van der Waals surface area contributed by atoms with Gasteiger partial charge in [-0.1, -0.05) is 18.2 Å². The van der Waals surface area contributed by atoms with Crippen LogP contribution < -0.4 is 4.74 Å². The van der Waals surface area contributed by atoms with E-state index >= 15 is 0 Å². The summed E-state index contributed by atoms with van der Waals surface area (Å²) in [6.45, 7) is -0.815. The van der Waals surface area contributed by atoms with Gasteiger partial charge in [-0.2, -0.15) is 0 Å². The minimum absolute atomic E-state index is 0.0233. The number of hydrogen-bond donors (Lipinski definition) is 1. The third kappa shape index (κ3) is 2.53. The van der Waals surface area contributed by atoms with Crippen LogP contribution >= 0.6 is 0 Å². The zero-order valence-corrected chi connectivity index (χ0v) is 9.14. The molecule has 1 N–H and O–H groups in total. The highest BCUT2D eigenvalue weighted by Gasteiger charge is 2.13. The smallest absolute Gasteiger partial charge is 0.336 e. The summed E-state index contributed by atoms with van der Waals surface area (Å²) < 4.78 is 28.8. The first-order valence-electron chi connectivity index (χ1n) is 5.12. The fraction of sp³-hybridized carbons (Fsp3) is 0.167. The number of alkyl halides is 2. The fourth-order valence-electron chi connectivity index (χ4n) is 1.55. The predicted molar refractivity (Wildman–Crippen MR) is 60.2 cm³/mol. The first-order valence-corrected chi connectivity index (χ1v) is 5.12. The Morgan fingerprint density at radius 2 is 2.11 bits per heavy atom. The van der Waals surface area contributed by atoms with Gasteiger partial charge in [0, 0.05) is 11.5 Å². The van der Waals surface area contributed by atoms with Crippen LogP contribution in [0.5, 0.6) is 5.88 Å². The van der Waals surface area contributed by atoms with Crippen molar-refractivity contribution in [3.63, 3.8) is 0 Å². The molecule has 0 radical (unpaired) electrons. The molecule has 0 fully saturated rings. The number of aromatic carboxylic acids is 1. The van der Waals surface area contributed by atoms with Gasteiger partial charge in [-0.15, -0.1) is 0 Å². The molecule has 6 heteroatoms. The van der Waals surface area contributed by atoms with Crippen molar-refractivity contribution < 1.29 is 23.4 Å². The van der Waals surface area contributed by atoms with Crippen molar-refractivity contribution in [1.29, 1.82) is 0 Å². The Bertz CT molecular complexity index is 587. The number of halogens is 2. The predicted octanol–water partition coefficient (Wildman–Crippen LogP) is 2.58. The zero-order chi connectivity index (χ0) is 13.1. The first kappa shape index (κ1) is 12.2. The van der Waals surface area contributed by atoms with Crippen LogP contribution in [0.15, 0.2) is 30.3 Å². The Hall–Kier alpha value is -2.24. The van der Waals surface area contributed by atoms with Gasteiger partial charge >= 0.3 is 5.97 Å². The number of aromatic nitrogens is 1. The molecule has 0 saturated carbocycles. The topological polar surface area (TPSA) is 59.4 Å². The Morgan fingerprint density at radius 1 is 1.39 bits per heavy atom. The van der Waals surface area contributed by atoms with Gasteiger partial charge in [-0.05, 0) is 6.07 Å². The number of benzene rings is 1. The lowest BCUT2D eigenvalue weighted by Gasteiger charge is -2.08. The number of carboxylic acids is 1. The van der Waals surface area contributed by atoms with E-state index in [9.17, 15) is 13.6 Å². The molecule has 4 nitrogen and oxygen atoms in total. The van der Waals surface area contributed by atoms with Crippen molar-refractivity contribution >= 4 is 16.9 Å². The van der Waals surface area contributed by atoms with Crippen molar-refractivity contribution in [2.24, 2.45) is 0 Å². The maximum absolute atomic E-state index is 12.0. The number of rotatable bonds is 4. The van der Waals surface area contributed by atoms with E-state index in [0.717, 1.165) is 6.07 Å². The van der Waals surface area contributed by atoms with E-state index in [1.807, 2.05) is 0 Å². The molecule has 0 bridgehead atoms. The molecular weight excluding hydrogens is 244 g/mol. The minimum atomic E-state index is -2.63. The second kappa shape index (κ2) is 4.95. The fourth-order valence-corrected chi connectivity index (χ4v) is 1.55. The molecule has 1 heterocycles. The lowest BCUT2D eigenvalue weighted by atomic mass is 10.1. The lowest BCUT2D eigenvalue weighted by molar-refractivity contribution is 0.0696. The summed E-state index contributed by atoms with van der Waals surface area (Å²) >= 11 is 0. The Morgan fingerprint density at radius 3 is 2.78 bits per heavy atom. The quantitative estimate of drug-likeness (QED) is 0.909. The highest BCUT2D eigenvalue weighted by Crippen LogP contribution is 2.22. The molecule has 0 atom stereocenters. The van der Waals surface area contributed by atoms with Crippen LogP contribution in [0.4, 0.5) is 8.78 Å². The van der Waals surface area contributed by atoms with Crippen LogP contribution in [0.1, 0.15) is 10.4 Å². The summed E-state index contributed by atoms with van der Waals surface area (Å²) in [6, 6.07) is 7.70. The molecule has 1 aromatic carbocycles. The van der Waals surface area contributed by atoms with Crippen LogP contribution in [-0.4, -0.2) is 29.1 Å². The molecule has 94 valence electrons. The number of nitrogens with zero attached hydrogens (tertiary/aromatic N) is 1. The Labute approximate surface area is 101 Å². The van der Waals surface area contributed by atoms with Gasteiger partial charge in [0.25, 0.3) is 6.43 Å². The SMILES string of the molecule is O=C(O)c1cc(OCC(F)F)nc2ccccc12. The van der Waals surface area contributed by atoms with Gasteiger partial charge < -0.3 is 9.84 Å². The van der Waals surface area contributed by atoms with Gasteiger partial charge in [0.1, 0.15) is 0 Å². The number of pyridine rings is 1. The maximum Gasteiger partial charge on any atom is 0.336 e. The summed E-state index contributed by atoms with van der Waals surface area (Å²) in [4.78, 5) is 15.0. The third-order valence-electron chi connectivity index (χ3n) is 2.28. The van der Waals surface area contributed by atoms with Gasteiger partial charge in [-0.25, -0.2) is 18.6 Å². The van der Waals surface area contributed by atoms with Crippen LogP contribution in [0.3, 0.4) is 0 Å². The average Bonchev–Trinajstić information content (AvgIpc) is 2.35. The average molecular weight is 253 g/mol. The van der Waals surface area contributed by atoms with E-state index in [0.29, 0.717) is 10.9 Å². The molecular formula is C12H9F2NO3. The molecule has 0 unspecified atom stereocenters. The summed E-state index contributed by atoms with van der Waals surface area (Å²) in [7, 11) is 0. The number of fused-ring (bicyclic) bond motifs is 1. The molecule has 0 aliphatic heterocycles. The van der Waals surface area contributed by atoms with E-state index in [-0.39, 0.29) is 11.4 Å². The summed E-state index contributed by atoms with van der Waals surface area (Å²) in [5.41, 5.74) is 0.367. The van der Waals surface area contributed by atoms with Crippen LogP contribution in [0, 0.1) is 0 Å². The zero-order valence-electron chi connectivity index (χ0n) is 9.14. The van der Waals surface area contributed by atoms with Gasteiger partial charge in [0.2, 0.25) is 5.88 Å². The van der Waals surface area contributed by atoms with E-state index in [1.165, 1.54) is 0 Å². The highest BCUT2D eigenvalue weighted by atomic mass is 19.3. The van der Waals surface area contributed by atoms with Crippen molar-refractivity contribution in [3.05, 3.63) is 35.9 Å². The minimum Gasteiger partial charge on any atom is -0.478 e. The van der Waals surface area contributed by atoms with E-state index in [4.69, 9.17) is 9.84 Å². The summed E-state index contributed by atoms with van der Waals surface area (Å²) in [6.07, 6.45) is -2.63. The van der Waals surface area contributed by atoms with Gasteiger partial charge in [0.15, 0.2) is 6.61 Å². The molecule has 0 aliphatic carbocycles.